The van der Waals surface area contributed by atoms with Gasteiger partial charge < -0.3 is 15.4 Å². The molecule has 5 heteroatoms. The van der Waals surface area contributed by atoms with Crippen molar-refractivity contribution in [2.24, 2.45) is 0 Å². The Hall–Kier alpha value is -1.62. The van der Waals surface area contributed by atoms with Crippen LogP contribution in [0.4, 0.5) is 10.1 Å². The number of methoxy groups -OCH3 is 1. The van der Waals surface area contributed by atoms with Gasteiger partial charge in [-0.15, -0.1) is 0 Å². The van der Waals surface area contributed by atoms with Crippen molar-refractivity contribution in [3.05, 3.63) is 29.6 Å². The Bertz CT molecular complexity index is 445. The van der Waals surface area contributed by atoms with E-state index in [4.69, 9.17) is 0 Å². The number of hydrogen-bond acceptors (Lipinski definition) is 4. The van der Waals surface area contributed by atoms with Crippen LogP contribution >= 0.6 is 0 Å². The van der Waals surface area contributed by atoms with Crippen LogP contribution in [0.15, 0.2) is 18.2 Å². The quantitative estimate of drug-likeness (QED) is 0.820. The molecule has 0 aliphatic carbocycles. The van der Waals surface area contributed by atoms with E-state index in [1.165, 1.54) is 32.1 Å². The van der Waals surface area contributed by atoms with Gasteiger partial charge in [0.05, 0.1) is 12.7 Å². The molecule has 0 aromatic heterocycles. The van der Waals surface area contributed by atoms with E-state index in [9.17, 15) is 9.18 Å². The highest BCUT2D eigenvalue weighted by molar-refractivity contribution is 5.95. The first-order chi connectivity index (χ1) is 9.20. The lowest BCUT2D eigenvalue weighted by molar-refractivity contribution is 0.0601. The summed E-state index contributed by atoms with van der Waals surface area (Å²) in [5.41, 5.74) is 0.846. The van der Waals surface area contributed by atoms with Crippen molar-refractivity contribution in [1.82, 2.24) is 5.32 Å². The lowest BCUT2D eigenvalue weighted by atomic mass is 10.0. The molecule has 0 saturated carbocycles. The smallest absolute Gasteiger partial charge is 0.340 e. The van der Waals surface area contributed by atoms with E-state index < -0.39 is 11.8 Å². The van der Waals surface area contributed by atoms with Crippen LogP contribution in [0.25, 0.3) is 0 Å². The molecular formula is C14H19FN2O2. The zero-order valence-electron chi connectivity index (χ0n) is 11.0. The van der Waals surface area contributed by atoms with E-state index in [1.807, 2.05) is 0 Å². The highest BCUT2D eigenvalue weighted by Gasteiger charge is 2.16. The normalized spacial score (nSPS) is 18.9. The second-order valence-electron chi connectivity index (χ2n) is 4.71. The fourth-order valence-corrected chi connectivity index (χ4v) is 2.28. The highest BCUT2D eigenvalue weighted by atomic mass is 19.1. The number of benzene rings is 1. The summed E-state index contributed by atoms with van der Waals surface area (Å²) in [5, 5.41) is 6.61. The molecular weight excluding hydrogens is 247 g/mol. The maximum atomic E-state index is 13.2. The number of rotatable bonds is 4. The van der Waals surface area contributed by atoms with Crippen molar-refractivity contribution in [2.75, 3.05) is 25.5 Å². The maximum absolute atomic E-state index is 13.2. The van der Waals surface area contributed by atoms with E-state index >= 15 is 0 Å². The summed E-state index contributed by atoms with van der Waals surface area (Å²) in [5.74, 6) is -0.972. The van der Waals surface area contributed by atoms with Crippen LogP contribution in [0.1, 0.15) is 29.6 Å². The number of hydrogen-bond donors (Lipinski definition) is 2. The summed E-state index contributed by atoms with van der Waals surface area (Å²) < 4.78 is 17.9. The molecule has 1 aliphatic rings. The Morgan fingerprint density at radius 3 is 3.05 bits per heavy atom. The molecule has 104 valence electrons. The molecule has 1 saturated heterocycles. The van der Waals surface area contributed by atoms with Crippen LogP contribution in [0.3, 0.4) is 0 Å². The average molecular weight is 266 g/mol. The van der Waals surface area contributed by atoms with Crippen LogP contribution in [0.2, 0.25) is 0 Å². The van der Waals surface area contributed by atoms with Crippen molar-refractivity contribution in [2.45, 2.75) is 25.3 Å². The summed E-state index contributed by atoms with van der Waals surface area (Å²) >= 11 is 0. The fraction of sp³-hybridized carbons (Fsp3) is 0.500. The number of ether oxygens (including phenoxy) is 1. The third kappa shape index (κ3) is 3.67. The molecule has 19 heavy (non-hydrogen) atoms. The van der Waals surface area contributed by atoms with Gasteiger partial charge in [-0.05, 0) is 37.6 Å². The highest BCUT2D eigenvalue weighted by Crippen LogP contribution is 2.18. The van der Waals surface area contributed by atoms with Crippen molar-refractivity contribution in [1.29, 1.82) is 0 Å². The molecule has 4 nitrogen and oxygen atoms in total. The second-order valence-corrected chi connectivity index (χ2v) is 4.71. The topological polar surface area (TPSA) is 50.4 Å². The summed E-state index contributed by atoms with van der Waals surface area (Å²) in [7, 11) is 1.29. The van der Waals surface area contributed by atoms with Crippen LogP contribution in [0, 0.1) is 5.82 Å². The SMILES string of the molecule is COC(=O)c1cc(F)ccc1NCC1CCCCN1. The van der Waals surface area contributed by atoms with E-state index in [0.717, 1.165) is 19.5 Å². The Labute approximate surface area is 112 Å². The largest absolute Gasteiger partial charge is 0.465 e. The van der Waals surface area contributed by atoms with Crippen molar-refractivity contribution in [3.63, 3.8) is 0 Å². The van der Waals surface area contributed by atoms with E-state index in [-0.39, 0.29) is 5.56 Å². The van der Waals surface area contributed by atoms with Gasteiger partial charge in [0.1, 0.15) is 5.82 Å². The lowest BCUT2D eigenvalue weighted by Crippen LogP contribution is -2.39. The van der Waals surface area contributed by atoms with Gasteiger partial charge >= 0.3 is 5.97 Å². The maximum Gasteiger partial charge on any atom is 0.340 e. The van der Waals surface area contributed by atoms with Gasteiger partial charge in [0, 0.05) is 18.3 Å². The van der Waals surface area contributed by atoms with Crippen molar-refractivity contribution < 1.29 is 13.9 Å². The Balaban J connectivity index is 2.04. The number of esters is 1. The van der Waals surface area contributed by atoms with Gasteiger partial charge in [-0.3, -0.25) is 0 Å². The van der Waals surface area contributed by atoms with Gasteiger partial charge in [0.15, 0.2) is 0 Å². The standard InChI is InChI=1S/C14H19FN2O2/c1-19-14(18)12-8-10(15)5-6-13(12)17-9-11-4-2-3-7-16-11/h5-6,8,11,16-17H,2-4,7,9H2,1H3. The third-order valence-electron chi connectivity index (χ3n) is 3.34. The summed E-state index contributed by atoms with van der Waals surface area (Å²) in [6.45, 7) is 1.75. The Morgan fingerprint density at radius 2 is 2.37 bits per heavy atom. The van der Waals surface area contributed by atoms with Gasteiger partial charge in [-0.2, -0.15) is 0 Å². The number of anilines is 1. The van der Waals surface area contributed by atoms with Gasteiger partial charge in [0.25, 0.3) is 0 Å². The molecule has 2 rings (SSSR count). The van der Waals surface area contributed by atoms with Crippen molar-refractivity contribution in [3.8, 4) is 0 Å². The first kappa shape index (κ1) is 13.8. The van der Waals surface area contributed by atoms with Gasteiger partial charge in [0.2, 0.25) is 0 Å². The molecule has 1 aromatic rings. The fourth-order valence-electron chi connectivity index (χ4n) is 2.28. The third-order valence-corrected chi connectivity index (χ3v) is 3.34. The second kappa shape index (κ2) is 6.52. The van der Waals surface area contributed by atoms with Crippen LogP contribution in [-0.2, 0) is 4.74 Å². The molecule has 1 aromatic carbocycles. The summed E-state index contributed by atoms with van der Waals surface area (Å²) in [6, 6.07) is 4.50. The monoisotopic (exact) mass is 266 g/mol. The minimum absolute atomic E-state index is 0.235. The van der Waals surface area contributed by atoms with Gasteiger partial charge in [-0.25, -0.2) is 9.18 Å². The molecule has 1 aliphatic heterocycles. The zero-order valence-corrected chi connectivity index (χ0v) is 11.0. The predicted molar refractivity (Wildman–Crippen MR) is 71.9 cm³/mol. The van der Waals surface area contributed by atoms with Crippen LogP contribution in [0.5, 0.6) is 0 Å². The molecule has 1 atom stereocenters. The molecule has 0 spiro atoms. The molecule has 0 bridgehead atoms. The van der Waals surface area contributed by atoms with Gasteiger partial charge in [-0.1, -0.05) is 6.42 Å². The summed E-state index contributed by atoms with van der Waals surface area (Å²) in [4.78, 5) is 11.6. The molecule has 0 amide bonds. The molecule has 1 unspecified atom stereocenters. The lowest BCUT2D eigenvalue weighted by Gasteiger charge is -2.24. The van der Waals surface area contributed by atoms with Crippen LogP contribution < -0.4 is 10.6 Å². The Morgan fingerprint density at radius 1 is 1.53 bits per heavy atom. The van der Waals surface area contributed by atoms with E-state index in [0.29, 0.717) is 11.7 Å². The number of carbonyl (C=O) groups is 1. The first-order valence-corrected chi connectivity index (χ1v) is 6.56. The first-order valence-electron chi connectivity index (χ1n) is 6.56. The average Bonchev–Trinajstić information content (AvgIpc) is 2.46. The van der Waals surface area contributed by atoms with Crippen LogP contribution in [-0.4, -0.2) is 32.2 Å². The minimum atomic E-state index is -0.529. The number of piperidine rings is 1. The van der Waals surface area contributed by atoms with E-state index in [1.54, 1.807) is 6.07 Å². The molecule has 1 heterocycles. The predicted octanol–water partition coefficient (Wildman–Crippen LogP) is 2.17. The molecule has 0 radical (unpaired) electrons. The number of carbonyl (C=O) groups excluding carboxylic acids is 1. The number of nitrogens with one attached hydrogen (secondary N) is 2. The molecule has 1 fully saturated rings. The minimum Gasteiger partial charge on any atom is -0.465 e. The zero-order chi connectivity index (χ0) is 13.7. The Kier molecular flexibility index (Phi) is 4.74. The molecule has 2 N–H and O–H groups in total. The van der Waals surface area contributed by atoms with E-state index in [2.05, 4.69) is 15.4 Å². The van der Waals surface area contributed by atoms with Crippen molar-refractivity contribution >= 4 is 11.7 Å². The summed E-state index contributed by atoms with van der Waals surface area (Å²) in [6.07, 6.45) is 3.54. The number of halogens is 1.